The van der Waals surface area contributed by atoms with Crippen molar-refractivity contribution >= 4 is 11.5 Å². The lowest BCUT2D eigenvalue weighted by Gasteiger charge is -2.30. The monoisotopic (exact) mass is 219 g/mol. The summed E-state index contributed by atoms with van der Waals surface area (Å²) in [6.07, 6.45) is 7.23. The maximum atomic E-state index is 4.22. The van der Waals surface area contributed by atoms with Gasteiger partial charge in [0.15, 0.2) is 0 Å². The molecule has 0 aliphatic heterocycles. The summed E-state index contributed by atoms with van der Waals surface area (Å²) >= 11 is 0. The van der Waals surface area contributed by atoms with Gasteiger partial charge in [0.05, 0.1) is 0 Å². The molecule has 2 rings (SSSR count). The van der Waals surface area contributed by atoms with E-state index in [0.717, 1.165) is 11.7 Å². The molecule has 0 radical (unpaired) electrons. The van der Waals surface area contributed by atoms with Gasteiger partial charge >= 0.3 is 0 Å². The van der Waals surface area contributed by atoms with Crippen LogP contribution in [0.15, 0.2) is 18.3 Å². The Morgan fingerprint density at radius 1 is 1.31 bits per heavy atom. The third-order valence-corrected chi connectivity index (χ3v) is 3.48. The molecule has 1 fully saturated rings. The van der Waals surface area contributed by atoms with Crippen LogP contribution >= 0.6 is 0 Å². The van der Waals surface area contributed by atoms with Crippen molar-refractivity contribution in [3.8, 4) is 0 Å². The fourth-order valence-corrected chi connectivity index (χ4v) is 2.40. The summed E-state index contributed by atoms with van der Waals surface area (Å²) in [6, 6.07) is 4.74. The standard InChI is InChI=1S/C13H21N3/c1-10-5-3-4-6-12(10)16-11-7-8-15-13(9-11)14-2/h7-10,12H,3-6H2,1-2H3,(H2,14,15,16). The second kappa shape index (κ2) is 5.19. The first-order chi connectivity index (χ1) is 7.79. The number of aromatic nitrogens is 1. The minimum Gasteiger partial charge on any atom is -0.382 e. The van der Waals surface area contributed by atoms with E-state index in [-0.39, 0.29) is 0 Å². The molecule has 0 aromatic carbocycles. The zero-order chi connectivity index (χ0) is 11.4. The molecule has 1 aromatic heterocycles. The van der Waals surface area contributed by atoms with Gasteiger partial charge in [-0.05, 0) is 24.8 Å². The van der Waals surface area contributed by atoms with Crippen molar-refractivity contribution in [2.24, 2.45) is 5.92 Å². The van der Waals surface area contributed by atoms with E-state index in [4.69, 9.17) is 0 Å². The van der Waals surface area contributed by atoms with Crippen molar-refractivity contribution < 1.29 is 0 Å². The van der Waals surface area contributed by atoms with Crippen LogP contribution in [0.25, 0.3) is 0 Å². The summed E-state index contributed by atoms with van der Waals surface area (Å²) in [5, 5.41) is 6.69. The molecule has 3 nitrogen and oxygen atoms in total. The number of hydrogen-bond acceptors (Lipinski definition) is 3. The molecule has 1 aliphatic carbocycles. The molecule has 2 N–H and O–H groups in total. The maximum absolute atomic E-state index is 4.22. The van der Waals surface area contributed by atoms with Gasteiger partial charge in [-0.15, -0.1) is 0 Å². The Bertz CT molecular complexity index is 338. The van der Waals surface area contributed by atoms with Crippen molar-refractivity contribution in [2.75, 3.05) is 17.7 Å². The predicted molar refractivity (Wildman–Crippen MR) is 68.8 cm³/mol. The van der Waals surface area contributed by atoms with Crippen LogP contribution in [-0.2, 0) is 0 Å². The van der Waals surface area contributed by atoms with Crippen LogP contribution < -0.4 is 10.6 Å². The number of nitrogens with one attached hydrogen (secondary N) is 2. The average Bonchev–Trinajstić information content (AvgIpc) is 2.32. The van der Waals surface area contributed by atoms with Crippen LogP contribution in [-0.4, -0.2) is 18.1 Å². The topological polar surface area (TPSA) is 37.0 Å². The van der Waals surface area contributed by atoms with Gasteiger partial charge < -0.3 is 10.6 Å². The minimum absolute atomic E-state index is 0.626. The first kappa shape index (κ1) is 11.2. The molecule has 2 unspecified atom stereocenters. The molecule has 0 saturated heterocycles. The van der Waals surface area contributed by atoms with E-state index in [2.05, 4.69) is 28.6 Å². The molecule has 1 saturated carbocycles. The third kappa shape index (κ3) is 2.65. The quantitative estimate of drug-likeness (QED) is 0.820. The van der Waals surface area contributed by atoms with Gasteiger partial charge in [0.1, 0.15) is 5.82 Å². The van der Waals surface area contributed by atoms with Crippen molar-refractivity contribution in [2.45, 2.75) is 38.6 Å². The molecule has 3 heteroatoms. The van der Waals surface area contributed by atoms with E-state index in [1.807, 2.05) is 19.3 Å². The van der Waals surface area contributed by atoms with Gasteiger partial charge in [0, 0.05) is 31.0 Å². The molecule has 2 atom stereocenters. The summed E-state index contributed by atoms with van der Waals surface area (Å²) in [6.45, 7) is 2.34. The maximum Gasteiger partial charge on any atom is 0.127 e. The van der Waals surface area contributed by atoms with Crippen molar-refractivity contribution in [3.63, 3.8) is 0 Å². The van der Waals surface area contributed by atoms with Gasteiger partial charge in [-0.1, -0.05) is 19.8 Å². The Morgan fingerprint density at radius 3 is 2.88 bits per heavy atom. The highest BCUT2D eigenvalue weighted by molar-refractivity contribution is 5.52. The number of anilines is 2. The van der Waals surface area contributed by atoms with E-state index >= 15 is 0 Å². The molecule has 1 aromatic rings. The average molecular weight is 219 g/mol. The summed E-state index contributed by atoms with van der Waals surface area (Å²) in [5.41, 5.74) is 1.18. The second-order valence-electron chi connectivity index (χ2n) is 4.69. The molecule has 1 heterocycles. The van der Waals surface area contributed by atoms with Crippen LogP contribution in [0.2, 0.25) is 0 Å². The van der Waals surface area contributed by atoms with E-state index < -0.39 is 0 Å². The zero-order valence-corrected chi connectivity index (χ0v) is 10.2. The largest absolute Gasteiger partial charge is 0.382 e. The van der Waals surface area contributed by atoms with Crippen LogP contribution in [0.1, 0.15) is 32.6 Å². The Kier molecular flexibility index (Phi) is 3.65. The molecule has 0 bridgehead atoms. The zero-order valence-electron chi connectivity index (χ0n) is 10.2. The molecular weight excluding hydrogens is 198 g/mol. The molecular formula is C13H21N3. The third-order valence-electron chi connectivity index (χ3n) is 3.48. The van der Waals surface area contributed by atoms with E-state index in [1.54, 1.807) is 0 Å². The molecule has 0 spiro atoms. The smallest absolute Gasteiger partial charge is 0.127 e. The van der Waals surface area contributed by atoms with E-state index in [1.165, 1.54) is 31.4 Å². The van der Waals surface area contributed by atoms with Crippen LogP contribution in [0.5, 0.6) is 0 Å². The summed E-state index contributed by atoms with van der Waals surface area (Å²) in [5.74, 6) is 1.70. The summed E-state index contributed by atoms with van der Waals surface area (Å²) in [7, 11) is 1.90. The number of hydrogen-bond donors (Lipinski definition) is 2. The van der Waals surface area contributed by atoms with Gasteiger partial charge in [-0.2, -0.15) is 0 Å². The summed E-state index contributed by atoms with van der Waals surface area (Å²) in [4.78, 5) is 4.22. The van der Waals surface area contributed by atoms with Gasteiger partial charge in [0.25, 0.3) is 0 Å². The Balaban J connectivity index is 2.01. The highest BCUT2D eigenvalue weighted by Crippen LogP contribution is 2.27. The molecule has 0 amide bonds. The fourth-order valence-electron chi connectivity index (χ4n) is 2.40. The van der Waals surface area contributed by atoms with E-state index in [0.29, 0.717) is 6.04 Å². The van der Waals surface area contributed by atoms with E-state index in [9.17, 15) is 0 Å². The highest BCUT2D eigenvalue weighted by Gasteiger charge is 2.20. The Hall–Kier alpha value is -1.25. The Labute approximate surface area is 97.7 Å². The lowest BCUT2D eigenvalue weighted by atomic mass is 9.86. The minimum atomic E-state index is 0.626. The first-order valence-corrected chi connectivity index (χ1v) is 6.20. The van der Waals surface area contributed by atoms with Gasteiger partial charge in [0.2, 0.25) is 0 Å². The summed E-state index contributed by atoms with van der Waals surface area (Å²) < 4.78 is 0. The van der Waals surface area contributed by atoms with Crippen LogP contribution in [0.4, 0.5) is 11.5 Å². The van der Waals surface area contributed by atoms with Crippen molar-refractivity contribution in [1.29, 1.82) is 0 Å². The second-order valence-corrected chi connectivity index (χ2v) is 4.69. The van der Waals surface area contributed by atoms with Crippen LogP contribution in [0, 0.1) is 5.92 Å². The highest BCUT2D eigenvalue weighted by atomic mass is 15.0. The molecule has 88 valence electrons. The SMILES string of the molecule is CNc1cc(NC2CCCCC2C)ccn1. The molecule has 1 aliphatic rings. The lowest BCUT2D eigenvalue weighted by Crippen LogP contribution is -2.30. The van der Waals surface area contributed by atoms with Crippen molar-refractivity contribution in [3.05, 3.63) is 18.3 Å². The normalized spacial score (nSPS) is 25.1. The van der Waals surface area contributed by atoms with Gasteiger partial charge in [-0.3, -0.25) is 0 Å². The number of nitrogens with zero attached hydrogens (tertiary/aromatic N) is 1. The number of pyridine rings is 1. The number of rotatable bonds is 3. The van der Waals surface area contributed by atoms with Crippen molar-refractivity contribution in [1.82, 2.24) is 4.98 Å². The first-order valence-electron chi connectivity index (χ1n) is 6.20. The predicted octanol–water partition coefficient (Wildman–Crippen LogP) is 3.11. The van der Waals surface area contributed by atoms with Crippen LogP contribution in [0.3, 0.4) is 0 Å². The van der Waals surface area contributed by atoms with Gasteiger partial charge in [-0.25, -0.2) is 4.98 Å². The fraction of sp³-hybridized carbons (Fsp3) is 0.615. The lowest BCUT2D eigenvalue weighted by molar-refractivity contribution is 0.349. The molecule has 16 heavy (non-hydrogen) atoms. The Morgan fingerprint density at radius 2 is 2.12 bits per heavy atom.